The Kier molecular flexibility index (Phi) is 7.12. The second kappa shape index (κ2) is 7.49. The molecule has 1 aliphatic rings. The summed E-state index contributed by atoms with van der Waals surface area (Å²) in [5, 5.41) is 0. The fraction of sp³-hybridized carbons (Fsp3) is 0.571. The molecule has 0 bridgehead atoms. The lowest BCUT2D eigenvalue weighted by atomic mass is 9.98. The third kappa shape index (κ3) is 3.84. The van der Waals surface area contributed by atoms with Gasteiger partial charge >= 0.3 is 0 Å². The van der Waals surface area contributed by atoms with E-state index in [0.717, 1.165) is 12.0 Å². The maximum atomic E-state index is 11.6. The van der Waals surface area contributed by atoms with Crippen LogP contribution in [0.15, 0.2) is 29.2 Å². The average molecular weight is 256 g/mol. The van der Waals surface area contributed by atoms with Crippen LogP contribution in [0.5, 0.6) is 0 Å². The molecule has 0 aromatic heterocycles. The molecule has 1 aromatic rings. The molecule has 0 saturated carbocycles. The van der Waals surface area contributed by atoms with E-state index in [-0.39, 0.29) is 0 Å². The summed E-state index contributed by atoms with van der Waals surface area (Å²) in [4.78, 5) is 0.536. The van der Waals surface area contributed by atoms with Gasteiger partial charge in [0.15, 0.2) is 9.84 Å². The van der Waals surface area contributed by atoms with Crippen molar-refractivity contribution in [3.8, 4) is 0 Å². The Balaban J connectivity index is 0.000000581. The van der Waals surface area contributed by atoms with Crippen molar-refractivity contribution >= 4 is 9.84 Å². The van der Waals surface area contributed by atoms with Gasteiger partial charge in [-0.2, -0.15) is 0 Å². The Labute approximate surface area is 106 Å². The van der Waals surface area contributed by atoms with E-state index in [1.807, 2.05) is 39.8 Å². The molecular formula is C14H24O2S. The topological polar surface area (TPSA) is 34.1 Å². The molecule has 2 nitrogen and oxygen atoms in total. The molecule has 1 atom stereocenters. The first-order chi connectivity index (χ1) is 8.11. The zero-order chi connectivity index (χ0) is 13.5. The van der Waals surface area contributed by atoms with Crippen LogP contribution in [0.2, 0.25) is 0 Å². The minimum Gasteiger partial charge on any atom is -0.224 e. The molecule has 0 radical (unpaired) electrons. The van der Waals surface area contributed by atoms with Gasteiger partial charge < -0.3 is 0 Å². The molecular weight excluding hydrogens is 232 g/mol. The summed E-state index contributed by atoms with van der Waals surface area (Å²) in [5.41, 5.74) is 0.980. The Morgan fingerprint density at radius 2 is 1.59 bits per heavy atom. The number of hydrogen-bond acceptors (Lipinski definition) is 2. The fourth-order valence-corrected chi connectivity index (χ4v) is 3.57. The van der Waals surface area contributed by atoms with Gasteiger partial charge in [0.1, 0.15) is 0 Å². The number of fused-ring (bicyclic) bond motifs is 1. The van der Waals surface area contributed by atoms with Crippen LogP contribution in [0.1, 0.15) is 52.5 Å². The van der Waals surface area contributed by atoms with Gasteiger partial charge in [0.25, 0.3) is 0 Å². The van der Waals surface area contributed by atoms with Crippen LogP contribution in [0.25, 0.3) is 0 Å². The van der Waals surface area contributed by atoms with E-state index in [1.54, 1.807) is 12.1 Å². The summed E-state index contributed by atoms with van der Waals surface area (Å²) in [6, 6.07) is 7.31. The number of rotatable bonds is 0. The lowest BCUT2D eigenvalue weighted by Gasteiger charge is -2.21. The summed E-state index contributed by atoms with van der Waals surface area (Å²) in [6.45, 7) is 10.1. The first-order valence-electron chi connectivity index (χ1n) is 6.43. The van der Waals surface area contributed by atoms with Gasteiger partial charge in [-0.3, -0.25) is 0 Å². The monoisotopic (exact) mass is 256 g/mol. The lowest BCUT2D eigenvalue weighted by Crippen LogP contribution is -2.18. The highest BCUT2D eigenvalue weighted by molar-refractivity contribution is 7.91. The maximum absolute atomic E-state index is 11.6. The van der Waals surface area contributed by atoms with Crippen molar-refractivity contribution in [2.24, 2.45) is 0 Å². The minimum absolute atomic E-state index is 0.297. The molecule has 98 valence electrons. The Morgan fingerprint density at radius 3 is 2.12 bits per heavy atom. The van der Waals surface area contributed by atoms with E-state index >= 15 is 0 Å². The molecule has 1 aromatic carbocycles. The molecule has 0 N–H and O–H groups in total. The molecule has 0 saturated heterocycles. The normalized spacial score (nSPS) is 19.9. The minimum atomic E-state index is -2.97. The van der Waals surface area contributed by atoms with Gasteiger partial charge in [-0.15, -0.1) is 0 Å². The molecule has 1 heterocycles. The summed E-state index contributed by atoms with van der Waals surface area (Å²) >= 11 is 0. The van der Waals surface area contributed by atoms with Gasteiger partial charge in [0, 0.05) is 0 Å². The van der Waals surface area contributed by atoms with Crippen molar-refractivity contribution in [1.82, 2.24) is 0 Å². The highest BCUT2D eigenvalue weighted by Gasteiger charge is 2.26. The quantitative estimate of drug-likeness (QED) is 0.702. The van der Waals surface area contributed by atoms with Crippen LogP contribution in [0.3, 0.4) is 0 Å². The van der Waals surface area contributed by atoms with Crippen molar-refractivity contribution in [2.75, 3.05) is 5.75 Å². The van der Waals surface area contributed by atoms with Crippen LogP contribution in [0.4, 0.5) is 0 Å². The third-order valence-corrected chi connectivity index (χ3v) is 4.42. The van der Waals surface area contributed by atoms with Gasteiger partial charge in [-0.25, -0.2) is 8.42 Å². The highest BCUT2D eigenvalue weighted by atomic mass is 32.2. The van der Waals surface area contributed by atoms with Crippen LogP contribution in [-0.2, 0) is 9.84 Å². The molecule has 0 spiro atoms. The number of hydrogen-bond donors (Lipinski definition) is 0. The molecule has 0 aliphatic carbocycles. The highest BCUT2D eigenvalue weighted by Crippen LogP contribution is 2.32. The predicted octanol–water partition coefficient (Wildman–Crippen LogP) is 4.02. The van der Waals surface area contributed by atoms with Crippen LogP contribution in [-0.4, -0.2) is 14.2 Å². The molecule has 0 amide bonds. The van der Waals surface area contributed by atoms with Crippen molar-refractivity contribution in [2.45, 2.75) is 51.9 Å². The van der Waals surface area contributed by atoms with Gasteiger partial charge in [-0.1, -0.05) is 52.8 Å². The second-order valence-electron chi connectivity index (χ2n) is 3.55. The molecule has 1 aliphatic heterocycles. The van der Waals surface area contributed by atoms with E-state index in [0.29, 0.717) is 16.6 Å². The second-order valence-corrected chi connectivity index (χ2v) is 5.62. The molecule has 1 unspecified atom stereocenters. The molecule has 0 fully saturated rings. The van der Waals surface area contributed by atoms with Gasteiger partial charge in [0.2, 0.25) is 0 Å². The smallest absolute Gasteiger partial charge is 0.178 e. The summed E-state index contributed by atoms with van der Waals surface area (Å²) in [5.74, 6) is 0.672. The zero-order valence-electron chi connectivity index (χ0n) is 11.5. The average Bonchev–Trinajstić information content (AvgIpc) is 2.40. The molecule has 3 heteroatoms. The van der Waals surface area contributed by atoms with Crippen molar-refractivity contribution in [1.29, 1.82) is 0 Å². The summed E-state index contributed by atoms with van der Waals surface area (Å²) in [7, 11) is -2.97. The van der Waals surface area contributed by atoms with E-state index in [9.17, 15) is 8.42 Å². The Hall–Kier alpha value is -0.830. The standard InChI is InChI=1S/C10H12O2S.2C2H6/c1-8-6-7-13(11,12)10-5-3-2-4-9(8)10;2*1-2/h2-5,8H,6-7H2,1H3;2*1-2H3. The predicted molar refractivity (Wildman–Crippen MR) is 74.2 cm³/mol. The zero-order valence-corrected chi connectivity index (χ0v) is 12.3. The Morgan fingerprint density at radius 1 is 1.06 bits per heavy atom. The summed E-state index contributed by atoms with van der Waals surface area (Å²) in [6.07, 6.45) is 0.749. The number of sulfone groups is 1. The van der Waals surface area contributed by atoms with E-state index in [1.165, 1.54) is 0 Å². The largest absolute Gasteiger partial charge is 0.224 e. The van der Waals surface area contributed by atoms with E-state index in [4.69, 9.17) is 0 Å². The van der Waals surface area contributed by atoms with Crippen LogP contribution >= 0.6 is 0 Å². The number of benzene rings is 1. The molecule has 17 heavy (non-hydrogen) atoms. The van der Waals surface area contributed by atoms with Crippen molar-refractivity contribution in [3.63, 3.8) is 0 Å². The van der Waals surface area contributed by atoms with Crippen molar-refractivity contribution in [3.05, 3.63) is 29.8 Å². The SMILES string of the molecule is CC.CC.CC1CCS(=O)(=O)c2ccccc21. The van der Waals surface area contributed by atoms with Crippen molar-refractivity contribution < 1.29 is 8.42 Å². The molecule has 2 rings (SSSR count). The summed E-state index contributed by atoms with van der Waals surface area (Å²) < 4.78 is 23.2. The van der Waals surface area contributed by atoms with Gasteiger partial charge in [-0.05, 0) is 24.0 Å². The van der Waals surface area contributed by atoms with Crippen LogP contribution in [0, 0.1) is 0 Å². The van der Waals surface area contributed by atoms with E-state index < -0.39 is 9.84 Å². The van der Waals surface area contributed by atoms with E-state index in [2.05, 4.69) is 6.92 Å². The maximum Gasteiger partial charge on any atom is 0.178 e. The third-order valence-electron chi connectivity index (χ3n) is 2.60. The van der Waals surface area contributed by atoms with Crippen LogP contribution < -0.4 is 0 Å². The Bertz CT molecular complexity index is 422. The fourth-order valence-electron chi connectivity index (χ4n) is 1.77. The first-order valence-corrected chi connectivity index (χ1v) is 8.08. The van der Waals surface area contributed by atoms with Gasteiger partial charge in [0.05, 0.1) is 10.6 Å². The first kappa shape index (κ1) is 16.2. The lowest BCUT2D eigenvalue weighted by molar-refractivity contribution is 0.574.